The van der Waals surface area contributed by atoms with Crippen molar-refractivity contribution in [3.8, 4) is 0 Å². The molecule has 4 nitrogen and oxygen atoms in total. The fourth-order valence-electron chi connectivity index (χ4n) is 0.634. The Labute approximate surface area is 82.3 Å². The van der Waals surface area contributed by atoms with E-state index in [1.165, 1.54) is 11.8 Å². The molecule has 5 heteroatoms. The molecule has 13 heavy (non-hydrogen) atoms. The van der Waals surface area contributed by atoms with Gasteiger partial charge in [0.05, 0.1) is 24.6 Å². The first-order chi connectivity index (χ1) is 6.02. The van der Waals surface area contributed by atoms with Gasteiger partial charge in [0.2, 0.25) is 0 Å². The van der Waals surface area contributed by atoms with Crippen LogP contribution in [-0.2, 0) is 9.53 Å². The Morgan fingerprint density at radius 1 is 1.54 bits per heavy atom. The SMILES string of the molecule is CC(C)OCC(O)CSCC(=O)O. The highest BCUT2D eigenvalue weighted by atomic mass is 32.2. The Morgan fingerprint density at radius 3 is 2.62 bits per heavy atom. The van der Waals surface area contributed by atoms with E-state index in [1.54, 1.807) is 0 Å². The van der Waals surface area contributed by atoms with Crippen LogP contribution in [0.2, 0.25) is 0 Å². The minimum atomic E-state index is -0.859. The van der Waals surface area contributed by atoms with E-state index in [-0.39, 0.29) is 18.5 Å². The number of thioether (sulfide) groups is 1. The minimum absolute atomic E-state index is 0.0265. The molecule has 0 amide bonds. The lowest BCUT2D eigenvalue weighted by Crippen LogP contribution is -2.21. The maximum Gasteiger partial charge on any atom is 0.313 e. The highest BCUT2D eigenvalue weighted by Crippen LogP contribution is 2.03. The van der Waals surface area contributed by atoms with Crippen molar-refractivity contribution in [1.29, 1.82) is 0 Å². The van der Waals surface area contributed by atoms with Gasteiger partial charge < -0.3 is 14.9 Å². The van der Waals surface area contributed by atoms with Crippen molar-refractivity contribution >= 4 is 17.7 Å². The van der Waals surface area contributed by atoms with E-state index >= 15 is 0 Å². The lowest BCUT2D eigenvalue weighted by atomic mass is 10.4. The molecule has 0 aromatic heterocycles. The molecule has 0 aromatic rings. The smallest absolute Gasteiger partial charge is 0.313 e. The summed E-state index contributed by atoms with van der Waals surface area (Å²) >= 11 is 1.19. The van der Waals surface area contributed by atoms with Gasteiger partial charge in [-0.05, 0) is 13.8 Å². The Balaban J connectivity index is 3.29. The molecule has 0 fully saturated rings. The number of ether oxygens (including phenoxy) is 1. The third-order valence-corrected chi connectivity index (χ3v) is 2.23. The Morgan fingerprint density at radius 2 is 2.15 bits per heavy atom. The van der Waals surface area contributed by atoms with Crippen molar-refractivity contribution in [2.24, 2.45) is 0 Å². The molecule has 1 unspecified atom stereocenters. The highest BCUT2D eigenvalue weighted by Gasteiger charge is 2.06. The van der Waals surface area contributed by atoms with Gasteiger partial charge in [-0.15, -0.1) is 11.8 Å². The van der Waals surface area contributed by atoms with E-state index in [9.17, 15) is 9.90 Å². The van der Waals surface area contributed by atoms with Crippen molar-refractivity contribution in [2.75, 3.05) is 18.1 Å². The normalized spacial score (nSPS) is 13.2. The molecule has 0 rings (SSSR count). The summed E-state index contributed by atoms with van der Waals surface area (Å²) in [6.07, 6.45) is -0.481. The second kappa shape index (κ2) is 7.17. The van der Waals surface area contributed by atoms with Gasteiger partial charge in [-0.3, -0.25) is 4.79 Å². The molecule has 0 saturated carbocycles. The Bertz CT molecular complexity index is 149. The van der Waals surface area contributed by atoms with Crippen LogP contribution in [0, 0.1) is 0 Å². The van der Waals surface area contributed by atoms with Gasteiger partial charge in [-0.2, -0.15) is 0 Å². The molecular formula is C8H16O4S. The second-order valence-electron chi connectivity index (χ2n) is 2.94. The highest BCUT2D eigenvalue weighted by molar-refractivity contribution is 7.99. The van der Waals surface area contributed by atoms with Gasteiger partial charge in [-0.1, -0.05) is 0 Å². The molecular weight excluding hydrogens is 192 g/mol. The van der Waals surface area contributed by atoms with E-state index in [2.05, 4.69) is 0 Å². The lowest BCUT2D eigenvalue weighted by molar-refractivity contribution is -0.133. The molecule has 0 aliphatic heterocycles. The third-order valence-electron chi connectivity index (χ3n) is 1.16. The van der Waals surface area contributed by atoms with Gasteiger partial charge >= 0.3 is 5.97 Å². The largest absolute Gasteiger partial charge is 0.481 e. The van der Waals surface area contributed by atoms with Crippen LogP contribution < -0.4 is 0 Å². The molecule has 78 valence electrons. The summed E-state index contributed by atoms with van der Waals surface area (Å²) in [4.78, 5) is 10.1. The van der Waals surface area contributed by atoms with Gasteiger partial charge in [0.15, 0.2) is 0 Å². The number of hydrogen-bond acceptors (Lipinski definition) is 4. The maximum atomic E-state index is 10.1. The standard InChI is InChI=1S/C8H16O4S/c1-6(2)12-3-7(9)4-13-5-8(10)11/h6-7,9H,3-5H2,1-2H3,(H,10,11). The lowest BCUT2D eigenvalue weighted by Gasteiger charge is -2.12. The van der Waals surface area contributed by atoms with Gasteiger partial charge in [-0.25, -0.2) is 0 Å². The van der Waals surface area contributed by atoms with Crippen molar-refractivity contribution in [3.05, 3.63) is 0 Å². The van der Waals surface area contributed by atoms with Gasteiger partial charge in [0, 0.05) is 5.75 Å². The minimum Gasteiger partial charge on any atom is -0.481 e. The zero-order valence-electron chi connectivity index (χ0n) is 7.90. The number of aliphatic hydroxyl groups is 1. The first-order valence-corrected chi connectivity index (χ1v) is 5.27. The number of aliphatic carboxylic acids is 1. The van der Waals surface area contributed by atoms with Crippen LogP contribution in [0.4, 0.5) is 0 Å². The zero-order valence-corrected chi connectivity index (χ0v) is 8.71. The van der Waals surface area contributed by atoms with Crippen molar-refractivity contribution < 1.29 is 19.7 Å². The fourth-order valence-corrected chi connectivity index (χ4v) is 1.29. The van der Waals surface area contributed by atoms with Crippen LogP contribution >= 0.6 is 11.8 Å². The molecule has 0 saturated heterocycles. The summed E-state index contributed by atoms with van der Waals surface area (Å²) < 4.78 is 5.15. The molecule has 0 spiro atoms. The average Bonchev–Trinajstić information content (AvgIpc) is 2.00. The fraction of sp³-hybridized carbons (Fsp3) is 0.875. The third kappa shape index (κ3) is 9.66. The predicted molar refractivity (Wildman–Crippen MR) is 52.1 cm³/mol. The van der Waals surface area contributed by atoms with Crippen LogP contribution in [0.15, 0.2) is 0 Å². The summed E-state index contributed by atoms with van der Waals surface area (Å²) in [5, 5.41) is 17.6. The monoisotopic (exact) mass is 208 g/mol. The van der Waals surface area contributed by atoms with Crippen LogP contribution in [0.1, 0.15) is 13.8 Å². The first kappa shape index (κ1) is 12.7. The van der Waals surface area contributed by atoms with Crippen LogP contribution in [0.3, 0.4) is 0 Å². The summed E-state index contributed by atoms with van der Waals surface area (Å²) in [5.41, 5.74) is 0. The van der Waals surface area contributed by atoms with Crippen molar-refractivity contribution in [3.63, 3.8) is 0 Å². The van der Waals surface area contributed by atoms with E-state index in [0.717, 1.165) is 0 Å². The second-order valence-corrected chi connectivity index (χ2v) is 3.98. The molecule has 2 N–H and O–H groups in total. The topological polar surface area (TPSA) is 66.8 Å². The Kier molecular flexibility index (Phi) is 7.03. The van der Waals surface area contributed by atoms with E-state index in [0.29, 0.717) is 5.75 Å². The number of hydrogen-bond donors (Lipinski definition) is 2. The van der Waals surface area contributed by atoms with Crippen molar-refractivity contribution in [1.82, 2.24) is 0 Å². The first-order valence-electron chi connectivity index (χ1n) is 4.11. The van der Waals surface area contributed by atoms with E-state index < -0.39 is 12.1 Å². The number of aliphatic hydroxyl groups excluding tert-OH is 1. The molecule has 0 radical (unpaired) electrons. The Hall–Kier alpha value is -0.260. The van der Waals surface area contributed by atoms with Gasteiger partial charge in [0.25, 0.3) is 0 Å². The molecule has 0 heterocycles. The molecule has 0 bridgehead atoms. The number of carboxylic acids is 1. The van der Waals surface area contributed by atoms with E-state index in [4.69, 9.17) is 9.84 Å². The molecule has 0 aliphatic carbocycles. The number of carbonyl (C=O) groups is 1. The van der Waals surface area contributed by atoms with Crippen LogP contribution in [0.25, 0.3) is 0 Å². The number of carboxylic acid groups (broad SMARTS) is 1. The average molecular weight is 208 g/mol. The number of rotatable bonds is 7. The molecule has 1 atom stereocenters. The van der Waals surface area contributed by atoms with Crippen LogP contribution in [-0.4, -0.2) is 46.5 Å². The van der Waals surface area contributed by atoms with Crippen LogP contribution in [0.5, 0.6) is 0 Å². The van der Waals surface area contributed by atoms with Gasteiger partial charge in [0.1, 0.15) is 0 Å². The summed E-state index contributed by atoms with van der Waals surface area (Å²) in [6, 6.07) is 0. The maximum absolute atomic E-state index is 10.1. The summed E-state index contributed by atoms with van der Waals surface area (Å²) in [6.45, 7) is 4.04. The summed E-state index contributed by atoms with van der Waals surface area (Å²) in [5.74, 6) is -0.431. The predicted octanol–water partition coefficient (Wildman–Crippen LogP) is 0.590. The van der Waals surface area contributed by atoms with E-state index in [1.807, 2.05) is 13.8 Å². The van der Waals surface area contributed by atoms with Crippen molar-refractivity contribution in [2.45, 2.75) is 26.1 Å². The quantitative estimate of drug-likeness (QED) is 0.641. The summed E-state index contributed by atoms with van der Waals surface area (Å²) in [7, 11) is 0. The zero-order chi connectivity index (χ0) is 10.3. The molecule has 0 aromatic carbocycles. The molecule has 0 aliphatic rings.